The Morgan fingerprint density at radius 1 is 1.15 bits per heavy atom. The first-order valence-corrected chi connectivity index (χ1v) is 7.66. The van der Waals surface area contributed by atoms with Crippen LogP contribution in [0.3, 0.4) is 0 Å². The number of carbonyl (C=O) groups excluding carboxylic acids is 1. The van der Waals surface area contributed by atoms with Crippen LogP contribution in [0, 0.1) is 0 Å². The monoisotopic (exact) mass is 276 g/mol. The summed E-state index contributed by atoms with van der Waals surface area (Å²) in [5.41, 5.74) is 1.25. The van der Waals surface area contributed by atoms with Gasteiger partial charge in [-0.05, 0) is 43.9 Å². The van der Waals surface area contributed by atoms with E-state index in [0.29, 0.717) is 18.9 Å². The van der Waals surface area contributed by atoms with E-state index in [1.807, 2.05) is 26.0 Å². The van der Waals surface area contributed by atoms with Crippen molar-refractivity contribution in [2.24, 2.45) is 0 Å². The van der Waals surface area contributed by atoms with Gasteiger partial charge in [0.15, 0.2) is 0 Å². The van der Waals surface area contributed by atoms with E-state index >= 15 is 0 Å². The fourth-order valence-corrected chi connectivity index (χ4v) is 2.85. The van der Waals surface area contributed by atoms with Crippen LogP contribution < -0.4 is 4.74 Å². The molecular formula is C17H24O3. The molecule has 2 atom stereocenters. The zero-order valence-corrected chi connectivity index (χ0v) is 12.4. The maximum absolute atomic E-state index is 11.6. The highest BCUT2D eigenvalue weighted by Crippen LogP contribution is 2.35. The molecule has 0 saturated heterocycles. The standard InChI is InChI=1S/C17H24O3/c1-3-17(18)20-16-8-6-5-7-15(16)13-9-11-14(12-10-13)19-4-2/h9-12,15-16H,3-8H2,1-2H3. The molecule has 2 unspecified atom stereocenters. The van der Waals surface area contributed by atoms with Crippen molar-refractivity contribution < 1.29 is 14.3 Å². The van der Waals surface area contributed by atoms with Gasteiger partial charge in [0.1, 0.15) is 11.9 Å². The van der Waals surface area contributed by atoms with Gasteiger partial charge in [-0.25, -0.2) is 0 Å². The predicted molar refractivity (Wildman–Crippen MR) is 79.0 cm³/mol. The molecule has 1 aliphatic rings. The van der Waals surface area contributed by atoms with Crippen molar-refractivity contribution in [1.29, 1.82) is 0 Å². The van der Waals surface area contributed by atoms with Crippen LogP contribution in [-0.4, -0.2) is 18.7 Å². The van der Waals surface area contributed by atoms with E-state index in [9.17, 15) is 4.79 Å². The number of rotatable bonds is 5. The van der Waals surface area contributed by atoms with Crippen molar-refractivity contribution in [1.82, 2.24) is 0 Å². The number of carbonyl (C=O) groups is 1. The van der Waals surface area contributed by atoms with Crippen molar-refractivity contribution in [3.8, 4) is 5.75 Å². The summed E-state index contributed by atoms with van der Waals surface area (Å²) in [5.74, 6) is 1.14. The Kier molecular flexibility index (Phi) is 5.45. The molecule has 20 heavy (non-hydrogen) atoms. The number of benzene rings is 1. The van der Waals surface area contributed by atoms with Gasteiger partial charge in [-0.2, -0.15) is 0 Å². The van der Waals surface area contributed by atoms with E-state index in [0.717, 1.165) is 25.0 Å². The van der Waals surface area contributed by atoms with E-state index in [-0.39, 0.29) is 12.1 Å². The molecule has 1 aromatic rings. The number of ether oxygens (including phenoxy) is 2. The van der Waals surface area contributed by atoms with Crippen LogP contribution in [0.15, 0.2) is 24.3 Å². The van der Waals surface area contributed by atoms with Crippen molar-refractivity contribution >= 4 is 5.97 Å². The Morgan fingerprint density at radius 3 is 2.50 bits per heavy atom. The summed E-state index contributed by atoms with van der Waals surface area (Å²) >= 11 is 0. The predicted octanol–water partition coefficient (Wildman–Crippen LogP) is 4.06. The van der Waals surface area contributed by atoms with Crippen LogP contribution in [0.5, 0.6) is 5.75 Å². The first kappa shape index (κ1) is 14.9. The van der Waals surface area contributed by atoms with Crippen LogP contribution in [0.25, 0.3) is 0 Å². The van der Waals surface area contributed by atoms with Crippen LogP contribution in [0.4, 0.5) is 0 Å². The molecule has 0 spiro atoms. The molecule has 1 saturated carbocycles. The van der Waals surface area contributed by atoms with Gasteiger partial charge in [0.05, 0.1) is 6.61 Å². The van der Waals surface area contributed by atoms with Crippen molar-refractivity contribution in [3.63, 3.8) is 0 Å². The molecule has 0 N–H and O–H groups in total. The van der Waals surface area contributed by atoms with Gasteiger partial charge in [-0.15, -0.1) is 0 Å². The maximum Gasteiger partial charge on any atom is 0.305 e. The highest BCUT2D eigenvalue weighted by Gasteiger charge is 2.29. The highest BCUT2D eigenvalue weighted by atomic mass is 16.5. The lowest BCUT2D eigenvalue weighted by molar-refractivity contribution is -0.151. The quantitative estimate of drug-likeness (QED) is 0.761. The Labute approximate surface area is 121 Å². The third kappa shape index (κ3) is 3.75. The average Bonchev–Trinajstić information content (AvgIpc) is 2.49. The first-order chi connectivity index (χ1) is 9.74. The normalized spacial score (nSPS) is 22.3. The van der Waals surface area contributed by atoms with Gasteiger partial charge in [0.2, 0.25) is 0 Å². The minimum atomic E-state index is -0.0900. The largest absolute Gasteiger partial charge is 0.494 e. The SMILES string of the molecule is CCOc1ccc(C2CCCCC2OC(=O)CC)cc1. The van der Waals surface area contributed by atoms with Gasteiger partial charge in [0, 0.05) is 12.3 Å². The summed E-state index contributed by atoms with van der Waals surface area (Å²) in [6, 6.07) is 8.22. The third-order valence-corrected chi connectivity index (χ3v) is 3.89. The second-order valence-electron chi connectivity index (χ2n) is 5.27. The van der Waals surface area contributed by atoms with Crippen LogP contribution in [0.2, 0.25) is 0 Å². The van der Waals surface area contributed by atoms with Crippen molar-refractivity contribution in [2.45, 2.75) is 58.0 Å². The fourth-order valence-electron chi connectivity index (χ4n) is 2.85. The van der Waals surface area contributed by atoms with E-state index < -0.39 is 0 Å². The van der Waals surface area contributed by atoms with E-state index in [2.05, 4.69) is 12.1 Å². The number of hydrogen-bond acceptors (Lipinski definition) is 3. The zero-order chi connectivity index (χ0) is 14.4. The topological polar surface area (TPSA) is 35.5 Å². The lowest BCUT2D eigenvalue weighted by Gasteiger charge is -2.31. The lowest BCUT2D eigenvalue weighted by Crippen LogP contribution is -2.28. The molecular weight excluding hydrogens is 252 g/mol. The highest BCUT2D eigenvalue weighted by molar-refractivity contribution is 5.69. The Morgan fingerprint density at radius 2 is 1.85 bits per heavy atom. The molecule has 2 rings (SSSR count). The summed E-state index contributed by atoms with van der Waals surface area (Å²) in [6.45, 7) is 4.51. The molecule has 0 aliphatic heterocycles. The Balaban J connectivity index is 2.08. The summed E-state index contributed by atoms with van der Waals surface area (Å²) < 4.78 is 11.1. The Bertz CT molecular complexity index is 424. The molecule has 0 bridgehead atoms. The lowest BCUT2D eigenvalue weighted by atomic mass is 9.81. The average molecular weight is 276 g/mol. The number of hydrogen-bond donors (Lipinski definition) is 0. The smallest absolute Gasteiger partial charge is 0.305 e. The van der Waals surface area contributed by atoms with Gasteiger partial charge in [-0.3, -0.25) is 4.79 Å². The third-order valence-electron chi connectivity index (χ3n) is 3.89. The molecule has 1 aliphatic carbocycles. The summed E-state index contributed by atoms with van der Waals surface area (Å²) in [7, 11) is 0. The molecule has 0 amide bonds. The van der Waals surface area contributed by atoms with E-state index in [4.69, 9.17) is 9.47 Å². The van der Waals surface area contributed by atoms with Gasteiger partial charge >= 0.3 is 5.97 Å². The minimum absolute atomic E-state index is 0.0362. The molecule has 0 heterocycles. The van der Waals surface area contributed by atoms with Crippen LogP contribution >= 0.6 is 0 Å². The molecule has 1 fully saturated rings. The molecule has 0 aromatic heterocycles. The molecule has 1 aromatic carbocycles. The Hall–Kier alpha value is -1.51. The van der Waals surface area contributed by atoms with Gasteiger partial charge in [0.25, 0.3) is 0 Å². The second kappa shape index (κ2) is 7.32. The molecule has 110 valence electrons. The van der Waals surface area contributed by atoms with Gasteiger partial charge < -0.3 is 9.47 Å². The molecule has 3 heteroatoms. The van der Waals surface area contributed by atoms with Crippen molar-refractivity contribution in [3.05, 3.63) is 29.8 Å². The fraction of sp³-hybridized carbons (Fsp3) is 0.588. The summed E-state index contributed by atoms with van der Waals surface area (Å²) in [5, 5.41) is 0. The second-order valence-corrected chi connectivity index (χ2v) is 5.27. The molecule has 0 radical (unpaired) electrons. The summed E-state index contributed by atoms with van der Waals surface area (Å²) in [6.07, 6.45) is 4.91. The van der Waals surface area contributed by atoms with Crippen LogP contribution in [0.1, 0.15) is 57.4 Å². The molecule has 3 nitrogen and oxygen atoms in total. The maximum atomic E-state index is 11.6. The van der Waals surface area contributed by atoms with Crippen molar-refractivity contribution in [2.75, 3.05) is 6.61 Å². The van der Waals surface area contributed by atoms with Crippen LogP contribution in [-0.2, 0) is 9.53 Å². The van der Waals surface area contributed by atoms with E-state index in [1.54, 1.807) is 0 Å². The summed E-state index contributed by atoms with van der Waals surface area (Å²) in [4.78, 5) is 11.6. The zero-order valence-electron chi connectivity index (χ0n) is 12.4. The number of esters is 1. The van der Waals surface area contributed by atoms with Gasteiger partial charge in [-0.1, -0.05) is 25.5 Å². The minimum Gasteiger partial charge on any atom is -0.494 e. The first-order valence-electron chi connectivity index (χ1n) is 7.66. The van der Waals surface area contributed by atoms with E-state index in [1.165, 1.54) is 12.0 Å².